The van der Waals surface area contributed by atoms with Gasteiger partial charge in [0, 0.05) is 28.9 Å². The highest BCUT2D eigenvalue weighted by molar-refractivity contribution is 6.31. The van der Waals surface area contributed by atoms with Gasteiger partial charge in [-0.1, -0.05) is 24.3 Å². The van der Waals surface area contributed by atoms with Crippen LogP contribution >= 0.6 is 0 Å². The van der Waals surface area contributed by atoms with Gasteiger partial charge in [-0.15, -0.1) is 0 Å². The van der Waals surface area contributed by atoms with E-state index < -0.39 is 12.7 Å². The van der Waals surface area contributed by atoms with Gasteiger partial charge in [-0.2, -0.15) is 0 Å². The highest BCUT2D eigenvalue weighted by Gasteiger charge is 2.34. The van der Waals surface area contributed by atoms with Crippen LogP contribution in [0, 0.1) is 0 Å². The fourth-order valence-electron chi connectivity index (χ4n) is 2.89. The van der Waals surface area contributed by atoms with E-state index in [1.807, 2.05) is 0 Å². The lowest BCUT2D eigenvalue weighted by atomic mass is 9.81. The molecule has 0 amide bonds. The summed E-state index contributed by atoms with van der Waals surface area (Å²) in [5, 5.41) is 18.6. The van der Waals surface area contributed by atoms with Gasteiger partial charge < -0.3 is 21.7 Å². The topological polar surface area (TPSA) is 127 Å². The number of benzene rings is 2. The molecule has 0 radical (unpaired) electrons. The van der Waals surface area contributed by atoms with Crippen LogP contribution < -0.4 is 11.5 Å². The van der Waals surface area contributed by atoms with Gasteiger partial charge in [0.15, 0.2) is 11.6 Å². The lowest BCUT2D eigenvalue weighted by Gasteiger charge is -2.23. The Labute approximate surface area is 132 Å². The minimum absolute atomic E-state index is 0.0446. The minimum Gasteiger partial charge on any atom is -0.398 e. The Morgan fingerprint density at radius 3 is 2.13 bits per heavy atom. The van der Waals surface area contributed by atoms with E-state index in [0.29, 0.717) is 11.1 Å². The van der Waals surface area contributed by atoms with E-state index in [4.69, 9.17) is 16.6 Å². The Kier molecular flexibility index (Phi) is 3.63. The van der Waals surface area contributed by atoms with Crippen molar-refractivity contribution in [2.24, 2.45) is 0 Å². The van der Waals surface area contributed by atoms with E-state index in [0.717, 1.165) is 0 Å². The second-order valence-corrected chi connectivity index (χ2v) is 5.53. The molecule has 1 unspecified atom stereocenters. The van der Waals surface area contributed by atoms with E-state index in [-0.39, 0.29) is 46.1 Å². The van der Waals surface area contributed by atoms with Crippen molar-refractivity contribution in [3.8, 4) is 0 Å². The number of aliphatic hydroxyl groups excluding tert-OH is 2. The summed E-state index contributed by atoms with van der Waals surface area (Å²) >= 11 is 0. The maximum absolute atomic E-state index is 12.7. The molecule has 6 nitrogen and oxygen atoms in total. The predicted molar refractivity (Wildman–Crippen MR) is 85.4 cm³/mol. The summed E-state index contributed by atoms with van der Waals surface area (Å²) in [6.07, 6.45) is -0.973. The van der Waals surface area contributed by atoms with Crippen LogP contribution in [0.1, 0.15) is 37.4 Å². The molecule has 6 heteroatoms. The van der Waals surface area contributed by atoms with Crippen LogP contribution in [0.3, 0.4) is 0 Å². The van der Waals surface area contributed by atoms with Crippen LogP contribution in [0.25, 0.3) is 0 Å². The summed E-state index contributed by atoms with van der Waals surface area (Å²) in [6, 6.07) is 7.99. The van der Waals surface area contributed by atoms with Crippen molar-refractivity contribution < 1.29 is 19.8 Å². The zero-order valence-electron chi connectivity index (χ0n) is 12.2. The molecule has 0 bridgehead atoms. The van der Waals surface area contributed by atoms with Crippen LogP contribution in [-0.4, -0.2) is 34.5 Å². The number of nitrogen functional groups attached to an aromatic ring is 2. The van der Waals surface area contributed by atoms with Gasteiger partial charge in [-0.05, 0) is 11.6 Å². The Morgan fingerprint density at radius 1 is 1.00 bits per heavy atom. The van der Waals surface area contributed by atoms with Crippen molar-refractivity contribution in [2.75, 3.05) is 18.1 Å². The summed E-state index contributed by atoms with van der Waals surface area (Å²) in [5.41, 5.74) is 13.5. The third-order valence-corrected chi connectivity index (χ3v) is 4.02. The van der Waals surface area contributed by atoms with Gasteiger partial charge in [-0.3, -0.25) is 9.59 Å². The number of hydrogen-bond donors (Lipinski definition) is 4. The van der Waals surface area contributed by atoms with Crippen LogP contribution in [0.5, 0.6) is 0 Å². The van der Waals surface area contributed by atoms with Crippen molar-refractivity contribution in [2.45, 2.75) is 12.5 Å². The molecule has 2 aromatic carbocycles. The SMILES string of the molecule is Nc1cc(CC(O)CO)c(N)c2c1C(=O)c1ccccc1C2=O. The summed E-state index contributed by atoms with van der Waals surface area (Å²) in [4.78, 5) is 25.4. The standard InChI is InChI=1S/C17H16N2O4/c18-12-6-8(5-9(21)7-20)15(19)14-13(12)16(22)10-3-1-2-4-11(10)17(14)23/h1-4,6,9,20-21H,5,7,18-19H2. The van der Waals surface area contributed by atoms with Gasteiger partial charge in [0.2, 0.25) is 0 Å². The summed E-state index contributed by atoms with van der Waals surface area (Å²) in [7, 11) is 0. The number of ketones is 2. The number of fused-ring (bicyclic) bond motifs is 2. The van der Waals surface area contributed by atoms with Gasteiger partial charge in [0.25, 0.3) is 0 Å². The Bertz CT molecular complexity index is 830. The lowest BCUT2D eigenvalue weighted by molar-refractivity contribution is 0.0953. The molecule has 0 spiro atoms. The zero-order chi connectivity index (χ0) is 16.7. The van der Waals surface area contributed by atoms with Crippen molar-refractivity contribution in [1.82, 2.24) is 0 Å². The van der Waals surface area contributed by atoms with E-state index in [9.17, 15) is 14.7 Å². The average molecular weight is 312 g/mol. The Hall–Kier alpha value is -2.70. The van der Waals surface area contributed by atoms with Crippen LogP contribution in [0.2, 0.25) is 0 Å². The molecule has 1 aliphatic carbocycles. The molecule has 0 heterocycles. The Morgan fingerprint density at radius 2 is 1.57 bits per heavy atom. The predicted octanol–water partition coefficient (Wildman–Crippen LogP) is 0.522. The fourth-order valence-corrected chi connectivity index (χ4v) is 2.89. The molecule has 0 saturated heterocycles. The molecule has 0 saturated carbocycles. The second-order valence-electron chi connectivity index (χ2n) is 5.53. The maximum Gasteiger partial charge on any atom is 0.196 e. The summed E-state index contributed by atoms with van der Waals surface area (Å²) in [6.45, 7) is -0.438. The van der Waals surface area contributed by atoms with Crippen molar-refractivity contribution in [3.63, 3.8) is 0 Å². The van der Waals surface area contributed by atoms with Crippen molar-refractivity contribution >= 4 is 22.9 Å². The van der Waals surface area contributed by atoms with E-state index in [2.05, 4.69) is 0 Å². The number of rotatable bonds is 3. The van der Waals surface area contributed by atoms with Gasteiger partial charge >= 0.3 is 0 Å². The largest absolute Gasteiger partial charge is 0.398 e. The molecule has 6 N–H and O–H groups in total. The molecule has 1 atom stereocenters. The van der Waals surface area contributed by atoms with Gasteiger partial charge in [-0.25, -0.2) is 0 Å². The van der Waals surface area contributed by atoms with Crippen LogP contribution in [-0.2, 0) is 6.42 Å². The zero-order valence-corrected chi connectivity index (χ0v) is 12.2. The highest BCUT2D eigenvalue weighted by atomic mass is 16.3. The van der Waals surface area contributed by atoms with E-state index in [1.54, 1.807) is 24.3 Å². The molecule has 0 aliphatic heterocycles. The molecule has 0 aromatic heterocycles. The molecule has 0 fully saturated rings. The first-order valence-corrected chi connectivity index (χ1v) is 7.13. The third-order valence-electron chi connectivity index (χ3n) is 4.02. The third kappa shape index (κ3) is 2.28. The maximum atomic E-state index is 12.7. The normalized spacial score (nSPS) is 14.3. The van der Waals surface area contributed by atoms with Crippen LogP contribution in [0.4, 0.5) is 11.4 Å². The monoisotopic (exact) mass is 312 g/mol. The van der Waals surface area contributed by atoms with Crippen LogP contribution in [0.15, 0.2) is 30.3 Å². The summed E-state index contributed by atoms with van der Waals surface area (Å²) < 4.78 is 0. The first kappa shape index (κ1) is 15.2. The van der Waals surface area contributed by atoms with Gasteiger partial charge in [0.05, 0.1) is 23.8 Å². The highest BCUT2D eigenvalue weighted by Crippen LogP contribution is 2.36. The fraction of sp³-hybridized carbons (Fsp3) is 0.176. The quantitative estimate of drug-likeness (QED) is 0.522. The molecule has 23 heavy (non-hydrogen) atoms. The number of hydrogen-bond acceptors (Lipinski definition) is 6. The number of nitrogens with two attached hydrogens (primary N) is 2. The second kappa shape index (κ2) is 5.49. The number of carbonyl (C=O) groups is 2. The minimum atomic E-state index is -1.02. The summed E-state index contributed by atoms with van der Waals surface area (Å²) in [5.74, 6) is -0.701. The first-order chi connectivity index (χ1) is 11.0. The molecule has 1 aliphatic rings. The van der Waals surface area contributed by atoms with Crippen molar-refractivity contribution in [3.05, 3.63) is 58.1 Å². The lowest BCUT2D eigenvalue weighted by Crippen LogP contribution is -2.25. The molecule has 2 aromatic rings. The van der Waals surface area contributed by atoms with Gasteiger partial charge in [0.1, 0.15) is 0 Å². The average Bonchev–Trinajstić information content (AvgIpc) is 2.55. The first-order valence-electron chi connectivity index (χ1n) is 7.13. The molecule has 3 rings (SSSR count). The molecular formula is C17H16N2O4. The molecule has 118 valence electrons. The molecular weight excluding hydrogens is 296 g/mol. The number of carbonyl (C=O) groups excluding carboxylic acids is 2. The van der Waals surface area contributed by atoms with Crippen molar-refractivity contribution in [1.29, 1.82) is 0 Å². The number of aliphatic hydroxyl groups is 2. The Balaban J connectivity index is 2.22. The smallest absolute Gasteiger partial charge is 0.196 e. The van der Waals surface area contributed by atoms with E-state index >= 15 is 0 Å². The number of anilines is 2. The van der Waals surface area contributed by atoms with E-state index in [1.165, 1.54) is 6.07 Å².